The summed E-state index contributed by atoms with van der Waals surface area (Å²) in [6.45, 7) is 0. The first-order chi connectivity index (χ1) is 15.2. The van der Waals surface area contributed by atoms with Crippen molar-refractivity contribution in [3.8, 4) is 0 Å². The molecule has 0 N–H and O–H groups in total. The highest BCUT2D eigenvalue weighted by Gasteiger charge is 2.57. The van der Waals surface area contributed by atoms with Gasteiger partial charge in [-0.25, -0.2) is 0 Å². The molecule has 1 nitrogen and oxygen atoms in total. The van der Waals surface area contributed by atoms with E-state index in [2.05, 4.69) is 92.5 Å². The van der Waals surface area contributed by atoms with E-state index in [4.69, 9.17) is 4.74 Å². The fraction of sp³-hybridized carbons (Fsp3) is 0.286. The molecule has 4 bridgehead atoms. The number of halogens is 2. The van der Waals surface area contributed by atoms with Crippen LogP contribution < -0.4 is 0 Å². The first kappa shape index (κ1) is 17.8. The van der Waals surface area contributed by atoms with Crippen LogP contribution in [0.5, 0.6) is 0 Å². The summed E-state index contributed by atoms with van der Waals surface area (Å²) in [6, 6.07) is 23.0. The summed E-state index contributed by atoms with van der Waals surface area (Å²) in [5.41, 5.74) is 12.4. The van der Waals surface area contributed by atoms with E-state index in [0.29, 0.717) is 23.7 Å². The molecule has 3 heteroatoms. The van der Waals surface area contributed by atoms with Crippen molar-refractivity contribution in [3.05, 3.63) is 114 Å². The molecular weight excluding hydrogens is 512 g/mol. The van der Waals surface area contributed by atoms with Gasteiger partial charge in [0.25, 0.3) is 0 Å². The van der Waals surface area contributed by atoms with Crippen LogP contribution in [0.3, 0.4) is 0 Å². The second kappa shape index (κ2) is 6.01. The molecule has 3 aromatic carbocycles. The molecule has 0 spiro atoms. The van der Waals surface area contributed by atoms with E-state index >= 15 is 0 Å². The molecule has 6 aliphatic rings. The van der Waals surface area contributed by atoms with E-state index in [1.807, 2.05) is 0 Å². The maximum atomic E-state index is 6.68. The molecular formula is C28H20Br2O. The molecule has 4 aliphatic carbocycles. The third-order valence-corrected chi connectivity index (χ3v) is 10.5. The molecule has 2 aliphatic heterocycles. The van der Waals surface area contributed by atoms with Crippen molar-refractivity contribution >= 4 is 31.9 Å². The Morgan fingerprint density at radius 3 is 1.35 bits per heavy atom. The normalized spacial score (nSPS) is 33.0. The van der Waals surface area contributed by atoms with Crippen molar-refractivity contribution < 1.29 is 4.74 Å². The first-order valence-corrected chi connectivity index (χ1v) is 12.8. The smallest absolute Gasteiger partial charge is 0.0872 e. The number of rotatable bonds is 0. The fourth-order valence-electron chi connectivity index (χ4n) is 7.54. The zero-order valence-corrected chi connectivity index (χ0v) is 20.0. The molecule has 0 aromatic heterocycles. The lowest BCUT2D eigenvalue weighted by molar-refractivity contribution is 0.0545. The molecule has 9 rings (SSSR count). The summed E-state index contributed by atoms with van der Waals surface area (Å²) < 4.78 is 8.95. The lowest BCUT2D eigenvalue weighted by atomic mass is 9.54. The Bertz CT molecular complexity index is 1190. The lowest BCUT2D eigenvalue weighted by Gasteiger charge is -2.49. The molecule has 0 saturated carbocycles. The minimum Gasteiger partial charge on any atom is -0.365 e. The second-order valence-electron chi connectivity index (χ2n) is 9.78. The number of benzene rings is 3. The van der Waals surface area contributed by atoms with E-state index in [0.717, 1.165) is 8.95 Å². The van der Waals surface area contributed by atoms with Crippen molar-refractivity contribution in [1.29, 1.82) is 0 Å². The maximum absolute atomic E-state index is 6.68. The van der Waals surface area contributed by atoms with Crippen LogP contribution in [0.1, 0.15) is 70.3 Å². The van der Waals surface area contributed by atoms with E-state index in [1.165, 1.54) is 24.0 Å². The molecule has 31 heavy (non-hydrogen) atoms. The number of hydrogen-bond donors (Lipinski definition) is 0. The number of ether oxygens (including phenoxy) is 1. The Kier molecular flexibility index (Phi) is 3.45. The monoisotopic (exact) mass is 530 g/mol. The van der Waals surface area contributed by atoms with Gasteiger partial charge in [-0.15, -0.1) is 0 Å². The summed E-state index contributed by atoms with van der Waals surface area (Å²) in [5.74, 6) is 2.07. The molecule has 2 heterocycles. The van der Waals surface area contributed by atoms with Gasteiger partial charge in [0, 0.05) is 20.8 Å². The minimum absolute atomic E-state index is 0.245. The minimum atomic E-state index is 0.245. The zero-order valence-electron chi connectivity index (χ0n) is 16.8. The molecule has 1 saturated heterocycles. The van der Waals surface area contributed by atoms with E-state index in [-0.39, 0.29) is 12.2 Å². The van der Waals surface area contributed by atoms with Crippen molar-refractivity contribution in [2.45, 2.75) is 36.9 Å². The maximum Gasteiger partial charge on any atom is 0.0872 e. The van der Waals surface area contributed by atoms with Gasteiger partial charge in [0.15, 0.2) is 0 Å². The SMILES string of the molecule is Brc1cc2c(cc1Br)[C@H]1O[C@H]2[C@H]2CC3=C(C[C@@H]21)C1c2ccccc2C3c2ccccc21. The van der Waals surface area contributed by atoms with Crippen molar-refractivity contribution in [2.24, 2.45) is 11.8 Å². The van der Waals surface area contributed by atoms with E-state index < -0.39 is 0 Å². The Hall–Kier alpha value is -1.68. The Morgan fingerprint density at radius 2 is 0.968 bits per heavy atom. The van der Waals surface area contributed by atoms with Crippen LogP contribution in [0, 0.1) is 11.8 Å². The topological polar surface area (TPSA) is 9.23 Å². The summed E-state index contributed by atoms with van der Waals surface area (Å²) in [7, 11) is 0. The van der Waals surface area contributed by atoms with Crippen LogP contribution in [-0.4, -0.2) is 0 Å². The lowest BCUT2D eigenvalue weighted by Crippen LogP contribution is -2.36. The molecule has 152 valence electrons. The first-order valence-electron chi connectivity index (χ1n) is 11.2. The Labute approximate surface area is 198 Å². The van der Waals surface area contributed by atoms with Crippen molar-refractivity contribution in [3.63, 3.8) is 0 Å². The van der Waals surface area contributed by atoms with Crippen LogP contribution >= 0.6 is 31.9 Å². The van der Waals surface area contributed by atoms with Gasteiger partial charge in [0.05, 0.1) is 12.2 Å². The molecule has 3 aromatic rings. The molecule has 0 amide bonds. The van der Waals surface area contributed by atoms with Crippen molar-refractivity contribution in [2.75, 3.05) is 0 Å². The molecule has 1 fully saturated rings. The average Bonchev–Trinajstić information content (AvgIpc) is 3.34. The standard InChI is InChI=1S/C28H20Br2O/c29-23-11-21-22(12-24(23)30)28-20-10-18-17(9-19(20)27(21)31-28)25-13-5-1-2-6-14(13)26(18)16-8-4-3-7-15(16)25/h1-8,11-12,19-20,25-28H,9-10H2/t19-,20-,25?,26?,27-,28-/m0/s1. The summed E-state index contributed by atoms with van der Waals surface area (Å²) in [4.78, 5) is 0. The van der Waals surface area contributed by atoms with Gasteiger partial charge < -0.3 is 4.74 Å². The predicted molar refractivity (Wildman–Crippen MR) is 128 cm³/mol. The van der Waals surface area contributed by atoms with Gasteiger partial charge >= 0.3 is 0 Å². The quantitative estimate of drug-likeness (QED) is 0.267. The van der Waals surface area contributed by atoms with Gasteiger partial charge in [-0.2, -0.15) is 0 Å². The average molecular weight is 532 g/mol. The summed E-state index contributed by atoms with van der Waals surface area (Å²) in [5, 5.41) is 0. The van der Waals surface area contributed by atoms with Gasteiger partial charge in [0.1, 0.15) is 0 Å². The van der Waals surface area contributed by atoms with Crippen LogP contribution in [0.4, 0.5) is 0 Å². The predicted octanol–water partition coefficient (Wildman–Crippen LogP) is 7.95. The molecule has 0 unspecified atom stereocenters. The molecule has 4 atom stereocenters. The van der Waals surface area contributed by atoms with Crippen LogP contribution in [0.2, 0.25) is 0 Å². The van der Waals surface area contributed by atoms with Crippen LogP contribution in [0.15, 0.2) is 80.8 Å². The largest absolute Gasteiger partial charge is 0.365 e. The highest BCUT2D eigenvalue weighted by Crippen LogP contribution is 2.68. The van der Waals surface area contributed by atoms with Gasteiger partial charge in [-0.05, 0) is 102 Å². The second-order valence-corrected chi connectivity index (χ2v) is 11.5. The zero-order chi connectivity index (χ0) is 20.4. The van der Waals surface area contributed by atoms with Gasteiger partial charge in [-0.1, -0.05) is 59.7 Å². The summed E-state index contributed by atoms with van der Waals surface area (Å²) in [6.07, 6.45) is 2.85. The number of allylic oxidation sites excluding steroid dienone is 2. The highest BCUT2D eigenvalue weighted by molar-refractivity contribution is 9.13. The van der Waals surface area contributed by atoms with Crippen LogP contribution in [0.25, 0.3) is 0 Å². The Balaban J connectivity index is 1.29. The third kappa shape index (κ3) is 2.11. The van der Waals surface area contributed by atoms with Gasteiger partial charge in [-0.3, -0.25) is 0 Å². The fourth-order valence-corrected chi connectivity index (χ4v) is 8.26. The highest BCUT2D eigenvalue weighted by atomic mass is 79.9. The third-order valence-electron chi connectivity index (χ3n) is 8.62. The number of hydrogen-bond acceptors (Lipinski definition) is 1. The van der Waals surface area contributed by atoms with E-state index in [1.54, 1.807) is 33.4 Å². The van der Waals surface area contributed by atoms with Gasteiger partial charge in [0.2, 0.25) is 0 Å². The van der Waals surface area contributed by atoms with Crippen molar-refractivity contribution in [1.82, 2.24) is 0 Å². The number of fused-ring (bicyclic) bond motifs is 8. The Morgan fingerprint density at radius 1 is 0.581 bits per heavy atom. The van der Waals surface area contributed by atoms with Crippen LogP contribution in [-0.2, 0) is 4.74 Å². The summed E-state index contributed by atoms with van der Waals surface area (Å²) >= 11 is 7.43. The molecule has 0 radical (unpaired) electrons. The van der Waals surface area contributed by atoms with E-state index in [9.17, 15) is 0 Å².